The maximum atomic E-state index is 11.9. The molecule has 1 unspecified atom stereocenters. The van der Waals surface area contributed by atoms with Crippen molar-refractivity contribution >= 4 is 0 Å². The van der Waals surface area contributed by atoms with Crippen molar-refractivity contribution in [3.63, 3.8) is 0 Å². The summed E-state index contributed by atoms with van der Waals surface area (Å²) in [5.41, 5.74) is 2.31. The lowest BCUT2D eigenvalue weighted by Crippen LogP contribution is -2.18. The number of hydrogen-bond acceptors (Lipinski definition) is 3. The number of ether oxygens (including phenoxy) is 1. The Morgan fingerprint density at radius 2 is 1.89 bits per heavy atom. The second-order valence-corrected chi connectivity index (χ2v) is 4.31. The number of rotatable bonds is 4. The van der Waals surface area contributed by atoms with Crippen LogP contribution < -0.4 is 5.56 Å². The van der Waals surface area contributed by atoms with Crippen LogP contribution in [0.25, 0.3) is 5.69 Å². The van der Waals surface area contributed by atoms with Gasteiger partial charge >= 0.3 is 0 Å². The van der Waals surface area contributed by atoms with Crippen LogP contribution in [0, 0.1) is 6.92 Å². The Morgan fingerprint density at radius 1 is 1.21 bits per heavy atom. The minimum absolute atomic E-state index is 0.142. The molecule has 0 fully saturated rings. The molecule has 4 heteroatoms. The molecule has 1 N–H and O–H groups in total. The second kappa shape index (κ2) is 5.82. The van der Waals surface area contributed by atoms with Gasteiger partial charge in [0.05, 0.1) is 0 Å². The first-order valence-electron chi connectivity index (χ1n) is 6.21. The Morgan fingerprint density at radius 3 is 2.53 bits per heavy atom. The minimum atomic E-state index is -1.01. The van der Waals surface area contributed by atoms with E-state index in [4.69, 9.17) is 4.74 Å². The standard InChI is InChI=1S/C15H17NO3/c1-3-19-15(18)12-6-9-14(17)16(10-12)13-7-4-11(2)5-8-13/h4-10,15,18H,3H2,1-2H3. The van der Waals surface area contributed by atoms with Gasteiger partial charge in [0.15, 0.2) is 6.29 Å². The van der Waals surface area contributed by atoms with Gasteiger partial charge in [0, 0.05) is 30.1 Å². The van der Waals surface area contributed by atoms with Gasteiger partial charge in [-0.2, -0.15) is 0 Å². The maximum Gasteiger partial charge on any atom is 0.255 e. The molecule has 1 atom stereocenters. The van der Waals surface area contributed by atoms with Crippen molar-refractivity contribution < 1.29 is 9.84 Å². The summed E-state index contributed by atoms with van der Waals surface area (Å²) in [5.74, 6) is 0. The largest absolute Gasteiger partial charge is 0.364 e. The number of nitrogens with zero attached hydrogens (tertiary/aromatic N) is 1. The van der Waals surface area contributed by atoms with E-state index in [1.165, 1.54) is 10.6 Å². The van der Waals surface area contributed by atoms with Crippen LogP contribution in [0.15, 0.2) is 47.4 Å². The smallest absolute Gasteiger partial charge is 0.255 e. The molecule has 0 aliphatic carbocycles. The molecular formula is C15H17NO3. The highest BCUT2D eigenvalue weighted by Crippen LogP contribution is 2.14. The molecule has 0 amide bonds. The van der Waals surface area contributed by atoms with Crippen LogP contribution >= 0.6 is 0 Å². The number of aliphatic hydroxyl groups is 1. The van der Waals surface area contributed by atoms with Crippen molar-refractivity contribution in [3.8, 4) is 5.69 Å². The fourth-order valence-corrected chi connectivity index (χ4v) is 1.81. The van der Waals surface area contributed by atoms with Crippen LogP contribution in [0.5, 0.6) is 0 Å². The SMILES string of the molecule is CCOC(O)c1ccc(=O)n(-c2ccc(C)cc2)c1. The van der Waals surface area contributed by atoms with E-state index in [0.29, 0.717) is 12.2 Å². The summed E-state index contributed by atoms with van der Waals surface area (Å²) >= 11 is 0. The van der Waals surface area contributed by atoms with Gasteiger partial charge < -0.3 is 9.84 Å². The van der Waals surface area contributed by atoms with Crippen LogP contribution in [-0.4, -0.2) is 16.3 Å². The van der Waals surface area contributed by atoms with Crippen molar-refractivity contribution in [2.24, 2.45) is 0 Å². The molecule has 0 radical (unpaired) electrons. The normalized spacial score (nSPS) is 12.4. The summed E-state index contributed by atoms with van der Waals surface area (Å²) in [6.45, 7) is 4.20. The highest BCUT2D eigenvalue weighted by atomic mass is 16.6. The van der Waals surface area contributed by atoms with Crippen LogP contribution in [-0.2, 0) is 4.74 Å². The fraction of sp³-hybridized carbons (Fsp3) is 0.267. The van der Waals surface area contributed by atoms with Gasteiger partial charge in [-0.05, 0) is 32.0 Å². The Hall–Kier alpha value is -1.91. The lowest BCUT2D eigenvalue weighted by molar-refractivity contribution is -0.0982. The molecular weight excluding hydrogens is 242 g/mol. The first kappa shape index (κ1) is 13.5. The number of hydrogen-bond donors (Lipinski definition) is 1. The molecule has 2 aromatic rings. The topological polar surface area (TPSA) is 51.5 Å². The van der Waals surface area contributed by atoms with E-state index in [9.17, 15) is 9.90 Å². The number of pyridine rings is 1. The van der Waals surface area contributed by atoms with E-state index in [-0.39, 0.29) is 5.56 Å². The molecule has 1 aromatic carbocycles. The third kappa shape index (κ3) is 3.10. The Balaban J connectivity index is 2.42. The maximum absolute atomic E-state index is 11.9. The van der Waals surface area contributed by atoms with Gasteiger partial charge in [0.2, 0.25) is 0 Å². The highest BCUT2D eigenvalue weighted by Gasteiger charge is 2.09. The van der Waals surface area contributed by atoms with Crippen LogP contribution in [0.1, 0.15) is 24.3 Å². The van der Waals surface area contributed by atoms with Crippen LogP contribution in [0.3, 0.4) is 0 Å². The van der Waals surface area contributed by atoms with Gasteiger partial charge in [-0.3, -0.25) is 9.36 Å². The number of benzene rings is 1. The van der Waals surface area contributed by atoms with Gasteiger partial charge in [-0.15, -0.1) is 0 Å². The first-order chi connectivity index (χ1) is 9.11. The summed E-state index contributed by atoms with van der Waals surface area (Å²) in [7, 11) is 0. The zero-order chi connectivity index (χ0) is 13.8. The number of aromatic nitrogens is 1. The minimum Gasteiger partial charge on any atom is -0.364 e. The third-order valence-electron chi connectivity index (χ3n) is 2.86. The van der Waals surface area contributed by atoms with Crippen molar-refractivity contribution in [2.75, 3.05) is 6.61 Å². The molecule has 0 aliphatic rings. The predicted octanol–water partition coefficient (Wildman–Crippen LogP) is 2.17. The summed E-state index contributed by atoms with van der Waals surface area (Å²) in [6, 6.07) is 10.6. The zero-order valence-corrected chi connectivity index (χ0v) is 11.0. The van der Waals surface area contributed by atoms with E-state index >= 15 is 0 Å². The lowest BCUT2D eigenvalue weighted by Gasteiger charge is -2.13. The molecule has 1 heterocycles. The zero-order valence-electron chi connectivity index (χ0n) is 11.0. The Kier molecular flexibility index (Phi) is 4.14. The van der Waals surface area contributed by atoms with E-state index in [1.807, 2.05) is 31.2 Å². The van der Waals surface area contributed by atoms with Gasteiger partial charge in [-0.1, -0.05) is 17.7 Å². The monoisotopic (exact) mass is 259 g/mol. The fourth-order valence-electron chi connectivity index (χ4n) is 1.81. The second-order valence-electron chi connectivity index (χ2n) is 4.31. The molecule has 0 saturated heterocycles. The van der Waals surface area contributed by atoms with Gasteiger partial charge in [0.25, 0.3) is 5.56 Å². The first-order valence-corrected chi connectivity index (χ1v) is 6.21. The molecule has 0 aliphatic heterocycles. The van der Waals surface area contributed by atoms with E-state index in [1.54, 1.807) is 19.2 Å². The lowest BCUT2D eigenvalue weighted by atomic mass is 10.2. The van der Waals surface area contributed by atoms with E-state index in [0.717, 1.165) is 11.3 Å². The van der Waals surface area contributed by atoms with Crippen molar-refractivity contribution in [1.29, 1.82) is 0 Å². The number of aryl methyl sites for hydroxylation is 1. The summed E-state index contributed by atoms with van der Waals surface area (Å²) in [6.07, 6.45) is 0.593. The highest BCUT2D eigenvalue weighted by molar-refractivity contribution is 5.35. The molecule has 19 heavy (non-hydrogen) atoms. The van der Waals surface area contributed by atoms with Gasteiger partial charge in [0.1, 0.15) is 0 Å². The molecule has 0 spiro atoms. The average molecular weight is 259 g/mol. The van der Waals surface area contributed by atoms with Crippen molar-refractivity contribution in [2.45, 2.75) is 20.1 Å². The Bertz CT molecular complexity index is 602. The molecule has 100 valence electrons. The summed E-state index contributed by atoms with van der Waals surface area (Å²) in [4.78, 5) is 11.9. The van der Waals surface area contributed by atoms with E-state index < -0.39 is 6.29 Å². The van der Waals surface area contributed by atoms with Crippen molar-refractivity contribution in [1.82, 2.24) is 4.57 Å². The van der Waals surface area contributed by atoms with E-state index in [2.05, 4.69) is 0 Å². The number of aliphatic hydroxyl groups excluding tert-OH is 1. The molecule has 4 nitrogen and oxygen atoms in total. The summed E-state index contributed by atoms with van der Waals surface area (Å²) < 4.78 is 6.61. The third-order valence-corrected chi connectivity index (χ3v) is 2.86. The Labute approximate surface area is 111 Å². The summed E-state index contributed by atoms with van der Waals surface area (Å²) in [5, 5.41) is 9.79. The average Bonchev–Trinajstić information content (AvgIpc) is 2.41. The quantitative estimate of drug-likeness (QED) is 0.856. The predicted molar refractivity (Wildman–Crippen MR) is 73.4 cm³/mol. The molecule has 1 aromatic heterocycles. The van der Waals surface area contributed by atoms with Crippen LogP contribution in [0.4, 0.5) is 0 Å². The molecule has 2 rings (SSSR count). The molecule has 0 bridgehead atoms. The van der Waals surface area contributed by atoms with Gasteiger partial charge in [-0.25, -0.2) is 0 Å². The van der Waals surface area contributed by atoms with Crippen molar-refractivity contribution in [3.05, 3.63) is 64.1 Å². The van der Waals surface area contributed by atoms with Crippen LogP contribution in [0.2, 0.25) is 0 Å². The molecule has 0 saturated carbocycles.